The third-order valence-corrected chi connectivity index (χ3v) is 7.52. The second-order valence-electron chi connectivity index (χ2n) is 6.92. The third-order valence-electron chi connectivity index (χ3n) is 4.77. The van der Waals surface area contributed by atoms with Gasteiger partial charge in [0.1, 0.15) is 5.69 Å². The van der Waals surface area contributed by atoms with Crippen LogP contribution in [0.5, 0.6) is 0 Å². The molecule has 0 fully saturated rings. The number of anilines is 2. The first-order valence-corrected chi connectivity index (χ1v) is 12.4. The average Bonchev–Trinajstić information content (AvgIpc) is 3.56. The summed E-state index contributed by atoms with van der Waals surface area (Å²) in [6, 6.07) is 21.4. The molecule has 0 spiro atoms. The number of nitrogen functional groups attached to an aromatic ring is 1. The lowest BCUT2D eigenvalue weighted by atomic mass is 10.1. The molecule has 0 aliphatic rings. The van der Waals surface area contributed by atoms with Gasteiger partial charge in [-0.25, -0.2) is 4.68 Å². The zero-order valence-corrected chi connectivity index (χ0v) is 20.3. The predicted octanol–water partition coefficient (Wildman–Crippen LogP) is 6.16. The Hall–Kier alpha value is -3.02. The molecule has 158 valence electrons. The number of amides is 1. The SMILES string of the molecule is Nc1ccc(-c2cccs2)cc1NC(=O)c1ccc(-c2cn(-c3ccc(I)cc3)nn2)s1. The van der Waals surface area contributed by atoms with Crippen molar-refractivity contribution in [3.05, 3.63) is 86.8 Å². The van der Waals surface area contributed by atoms with Crippen molar-refractivity contribution in [2.45, 2.75) is 0 Å². The average molecular weight is 569 g/mol. The van der Waals surface area contributed by atoms with Gasteiger partial charge in [-0.2, -0.15) is 0 Å². The number of halogens is 1. The summed E-state index contributed by atoms with van der Waals surface area (Å²) >= 11 is 5.27. The molecule has 0 radical (unpaired) electrons. The Bertz CT molecular complexity index is 1390. The molecule has 6 nitrogen and oxygen atoms in total. The quantitative estimate of drug-likeness (QED) is 0.196. The number of carbonyl (C=O) groups is 1. The van der Waals surface area contributed by atoms with Crippen molar-refractivity contribution in [3.63, 3.8) is 0 Å². The van der Waals surface area contributed by atoms with Crippen LogP contribution < -0.4 is 11.1 Å². The summed E-state index contributed by atoms with van der Waals surface area (Å²) < 4.78 is 2.88. The minimum atomic E-state index is -0.207. The number of benzene rings is 2. The van der Waals surface area contributed by atoms with Gasteiger partial charge >= 0.3 is 0 Å². The van der Waals surface area contributed by atoms with Gasteiger partial charge in [0.2, 0.25) is 0 Å². The number of hydrogen-bond donors (Lipinski definition) is 2. The van der Waals surface area contributed by atoms with Crippen molar-refractivity contribution in [2.24, 2.45) is 0 Å². The molecule has 0 atom stereocenters. The molecule has 1 amide bonds. The first-order chi connectivity index (χ1) is 15.6. The highest BCUT2D eigenvalue weighted by molar-refractivity contribution is 14.1. The maximum atomic E-state index is 12.9. The first-order valence-electron chi connectivity index (χ1n) is 9.60. The molecule has 0 saturated heterocycles. The van der Waals surface area contributed by atoms with Crippen molar-refractivity contribution < 1.29 is 4.79 Å². The Morgan fingerprint density at radius 3 is 2.66 bits per heavy atom. The van der Waals surface area contributed by atoms with Crippen molar-refractivity contribution in [1.29, 1.82) is 0 Å². The fourth-order valence-electron chi connectivity index (χ4n) is 3.14. The highest BCUT2D eigenvalue weighted by Gasteiger charge is 2.15. The van der Waals surface area contributed by atoms with Crippen LogP contribution in [0.25, 0.3) is 26.7 Å². The maximum absolute atomic E-state index is 12.9. The number of nitrogens with zero attached hydrogens (tertiary/aromatic N) is 3. The Morgan fingerprint density at radius 1 is 1.03 bits per heavy atom. The van der Waals surface area contributed by atoms with E-state index in [1.54, 1.807) is 22.1 Å². The molecule has 0 aliphatic heterocycles. The van der Waals surface area contributed by atoms with Gasteiger partial charge in [0.25, 0.3) is 5.91 Å². The lowest BCUT2D eigenvalue weighted by Crippen LogP contribution is -2.11. The molecule has 3 aromatic heterocycles. The molecule has 3 N–H and O–H groups in total. The summed E-state index contributed by atoms with van der Waals surface area (Å²) in [5, 5.41) is 13.4. The Balaban J connectivity index is 1.35. The van der Waals surface area contributed by atoms with Crippen molar-refractivity contribution in [1.82, 2.24) is 15.0 Å². The fraction of sp³-hybridized carbons (Fsp3) is 0. The molecular formula is C23H16IN5OS2. The molecular weight excluding hydrogens is 553 g/mol. The monoisotopic (exact) mass is 569 g/mol. The molecule has 2 aromatic carbocycles. The Labute approximate surface area is 205 Å². The summed E-state index contributed by atoms with van der Waals surface area (Å²) in [5.74, 6) is -0.207. The largest absolute Gasteiger partial charge is 0.397 e. The van der Waals surface area contributed by atoms with Crippen LogP contribution >= 0.6 is 45.3 Å². The van der Waals surface area contributed by atoms with Crippen LogP contribution in [0.2, 0.25) is 0 Å². The highest BCUT2D eigenvalue weighted by Crippen LogP contribution is 2.32. The number of nitrogens with one attached hydrogen (secondary N) is 1. The van der Waals surface area contributed by atoms with Gasteiger partial charge in [0.15, 0.2) is 0 Å². The van der Waals surface area contributed by atoms with E-state index in [9.17, 15) is 4.79 Å². The van der Waals surface area contributed by atoms with E-state index < -0.39 is 0 Å². The standard InChI is InChI=1S/C23H16IN5OS2/c24-15-4-6-16(7-5-15)29-13-19(27-28-29)21-9-10-22(32-21)23(30)26-18-12-14(3-8-17(18)25)20-2-1-11-31-20/h1-13H,25H2,(H,26,30). The molecule has 0 bridgehead atoms. The van der Waals surface area contributed by atoms with Gasteiger partial charge in [0.05, 0.1) is 33.0 Å². The number of thiophene rings is 2. The van der Waals surface area contributed by atoms with Crippen LogP contribution in [-0.2, 0) is 0 Å². The molecule has 3 heterocycles. The predicted molar refractivity (Wildman–Crippen MR) is 140 cm³/mol. The van der Waals surface area contributed by atoms with Gasteiger partial charge in [-0.3, -0.25) is 4.79 Å². The minimum Gasteiger partial charge on any atom is -0.397 e. The van der Waals surface area contributed by atoms with E-state index in [-0.39, 0.29) is 5.91 Å². The Morgan fingerprint density at radius 2 is 1.88 bits per heavy atom. The van der Waals surface area contributed by atoms with E-state index in [0.29, 0.717) is 21.9 Å². The van der Waals surface area contributed by atoms with Crippen molar-refractivity contribution >= 4 is 62.5 Å². The number of hydrogen-bond acceptors (Lipinski definition) is 6. The van der Waals surface area contributed by atoms with E-state index >= 15 is 0 Å². The molecule has 5 rings (SSSR count). The number of nitrogens with two attached hydrogens (primary N) is 1. The minimum absolute atomic E-state index is 0.207. The number of rotatable bonds is 5. The van der Waals surface area contributed by atoms with E-state index in [1.807, 2.05) is 72.2 Å². The van der Waals surface area contributed by atoms with Crippen LogP contribution in [0, 0.1) is 3.57 Å². The topological polar surface area (TPSA) is 85.8 Å². The second kappa shape index (κ2) is 8.85. The summed E-state index contributed by atoms with van der Waals surface area (Å²) in [6.45, 7) is 0. The van der Waals surface area contributed by atoms with Gasteiger partial charge in [0, 0.05) is 8.45 Å². The summed E-state index contributed by atoms with van der Waals surface area (Å²) in [7, 11) is 0. The van der Waals surface area contributed by atoms with E-state index in [0.717, 1.165) is 24.6 Å². The zero-order valence-electron chi connectivity index (χ0n) is 16.5. The molecule has 0 unspecified atom stereocenters. The van der Waals surface area contributed by atoms with E-state index in [4.69, 9.17) is 5.73 Å². The van der Waals surface area contributed by atoms with E-state index in [2.05, 4.69) is 38.2 Å². The van der Waals surface area contributed by atoms with Gasteiger partial charge in [-0.1, -0.05) is 17.3 Å². The molecule has 9 heteroatoms. The van der Waals surface area contributed by atoms with Crippen molar-refractivity contribution in [2.75, 3.05) is 11.1 Å². The molecule has 0 saturated carbocycles. The number of carbonyl (C=O) groups excluding carboxylic acids is 1. The van der Waals surface area contributed by atoms with Gasteiger partial charge in [-0.05, 0) is 88.1 Å². The van der Waals surface area contributed by atoms with E-state index in [1.165, 1.54) is 11.3 Å². The lowest BCUT2D eigenvalue weighted by Gasteiger charge is -2.09. The maximum Gasteiger partial charge on any atom is 0.265 e. The molecule has 0 aliphatic carbocycles. The third kappa shape index (κ3) is 4.31. The molecule has 5 aromatic rings. The molecule has 32 heavy (non-hydrogen) atoms. The number of aromatic nitrogens is 3. The van der Waals surface area contributed by atoms with Crippen LogP contribution in [0.15, 0.2) is 78.3 Å². The summed E-state index contributed by atoms with van der Waals surface area (Å²) in [5.41, 5.74) is 9.89. The smallest absolute Gasteiger partial charge is 0.265 e. The normalized spacial score (nSPS) is 10.9. The lowest BCUT2D eigenvalue weighted by molar-refractivity contribution is 0.103. The zero-order chi connectivity index (χ0) is 22.1. The first kappa shape index (κ1) is 20.9. The van der Waals surface area contributed by atoms with Crippen LogP contribution in [0.4, 0.5) is 11.4 Å². The highest BCUT2D eigenvalue weighted by atomic mass is 127. The van der Waals surface area contributed by atoms with Crippen LogP contribution in [0.1, 0.15) is 9.67 Å². The van der Waals surface area contributed by atoms with Crippen LogP contribution in [0.3, 0.4) is 0 Å². The summed E-state index contributed by atoms with van der Waals surface area (Å²) in [6.07, 6.45) is 1.86. The van der Waals surface area contributed by atoms with Crippen molar-refractivity contribution in [3.8, 4) is 26.7 Å². The fourth-order valence-corrected chi connectivity index (χ4v) is 5.07. The second-order valence-corrected chi connectivity index (χ2v) is 10.2. The van der Waals surface area contributed by atoms with Crippen LogP contribution in [-0.4, -0.2) is 20.9 Å². The van der Waals surface area contributed by atoms with Gasteiger partial charge in [-0.15, -0.1) is 27.8 Å². The summed E-state index contributed by atoms with van der Waals surface area (Å²) in [4.78, 5) is 15.4. The van der Waals surface area contributed by atoms with Gasteiger partial charge < -0.3 is 11.1 Å². The Kier molecular flexibility index (Phi) is 5.77.